The zero-order valence-electron chi connectivity index (χ0n) is 12.8. The van der Waals surface area contributed by atoms with Gasteiger partial charge in [-0.15, -0.1) is 0 Å². The monoisotopic (exact) mass is 332 g/mol. The first-order valence-corrected chi connectivity index (χ1v) is 7.67. The van der Waals surface area contributed by atoms with Gasteiger partial charge in [0.05, 0.1) is 17.1 Å². The number of fused-ring (bicyclic) bond motifs is 1. The van der Waals surface area contributed by atoms with Gasteiger partial charge in [0.25, 0.3) is 5.69 Å². The number of nitro benzene ring substituents is 1. The molecule has 2 aromatic carbocycles. The van der Waals surface area contributed by atoms with Gasteiger partial charge in [-0.1, -0.05) is 37.6 Å². The molecule has 2 N–H and O–H groups in total. The second kappa shape index (κ2) is 5.51. The quantitative estimate of drug-likeness (QED) is 0.628. The summed E-state index contributed by atoms with van der Waals surface area (Å²) in [6.07, 6.45) is -0.735. The maximum Gasteiger partial charge on any atom is 0.269 e. The number of non-ortho nitro benzene ring substituents is 1. The minimum absolute atomic E-state index is 0.0384. The molecule has 3 rings (SSSR count). The summed E-state index contributed by atoms with van der Waals surface area (Å²) in [5.74, 6) is 0. The minimum Gasteiger partial charge on any atom is -0.388 e. The standard InChI is InChI=1S/C17H17ClN2O3/c1-17(2)15(10-4-3-5-12(8-10)20(22)23)19-14-7-6-11(18)9-13(14)16(17)21/h3-9,15-16,19,21H,1-2H3. The molecule has 1 heterocycles. The highest BCUT2D eigenvalue weighted by molar-refractivity contribution is 6.30. The number of rotatable bonds is 2. The van der Waals surface area contributed by atoms with Crippen LogP contribution in [0.3, 0.4) is 0 Å². The fraction of sp³-hybridized carbons (Fsp3) is 0.294. The Morgan fingerprint density at radius 3 is 2.70 bits per heavy atom. The fourth-order valence-corrected chi connectivity index (χ4v) is 3.30. The van der Waals surface area contributed by atoms with Crippen LogP contribution in [0.5, 0.6) is 0 Å². The minimum atomic E-state index is -0.735. The van der Waals surface area contributed by atoms with E-state index in [-0.39, 0.29) is 11.7 Å². The van der Waals surface area contributed by atoms with Crippen LogP contribution in [0, 0.1) is 15.5 Å². The molecule has 1 aliphatic rings. The largest absolute Gasteiger partial charge is 0.388 e. The van der Waals surface area contributed by atoms with Crippen molar-refractivity contribution in [3.05, 3.63) is 68.7 Å². The molecule has 23 heavy (non-hydrogen) atoms. The number of hydrogen-bond donors (Lipinski definition) is 2. The van der Waals surface area contributed by atoms with Crippen LogP contribution in [0.25, 0.3) is 0 Å². The van der Waals surface area contributed by atoms with Crippen LogP contribution in [-0.4, -0.2) is 10.0 Å². The molecule has 0 saturated heterocycles. The van der Waals surface area contributed by atoms with Gasteiger partial charge >= 0.3 is 0 Å². The summed E-state index contributed by atoms with van der Waals surface area (Å²) >= 11 is 6.03. The lowest BCUT2D eigenvalue weighted by atomic mass is 9.70. The molecule has 6 heteroatoms. The Morgan fingerprint density at radius 2 is 2.00 bits per heavy atom. The highest BCUT2D eigenvalue weighted by atomic mass is 35.5. The molecule has 0 aliphatic carbocycles. The number of nitro groups is 1. The van der Waals surface area contributed by atoms with E-state index in [0.29, 0.717) is 5.02 Å². The molecule has 0 radical (unpaired) electrons. The molecular weight excluding hydrogens is 316 g/mol. The van der Waals surface area contributed by atoms with Crippen molar-refractivity contribution in [2.24, 2.45) is 5.41 Å². The maximum atomic E-state index is 11.0. The number of anilines is 1. The molecule has 0 fully saturated rings. The first-order valence-electron chi connectivity index (χ1n) is 7.29. The Labute approximate surface area is 139 Å². The Bertz CT molecular complexity index is 776. The van der Waals surface area contributed by atoms with E-state index in [2.05, 4.69) is 5.32 Å². The first-order chi connectivity index (χ1) is 10.8. The van der Waals surface area contributed by atoms with E-state index >= 15 is 0 Å². The van der Waals surface area contributed by atoms with Gasteiger partial charge < -0.3 is 10.4 Å². The fourth-order valence-electron chi connectivity index (χ4n) is 3.12. The zero-order chi connectivity index (χ0) is 16.8. The second-order valence-electron chi connectivity index (χ2n) is 6.38. The molecule has 2 aromatic rings. The SMILES string of the molecule is CC1(C)C(O)c2cc(Cl)ccc2NC1c1cccc([N+](=O)[O-])c1. The Hall–Kier alpha value is -2.11. The van der Waals surface area contributed by atoms with E-state index < -0.39 is 16.4 Å². The van der Waals surface area contributed by atoms with E-state index in [9.17, 15) is 15.2 Å². The number of aliphatic hydroxyl groups is 1. The summed E-state index contributed by atoms with van der Waals surface area (Å²) in [5.41, 5.74) is 1.77. The third kappa shape index (κ3) is 2.66. The summed E-state index contributed by atoms with van der Waals surface area (Å²) in [6, 6.07) is 11.6. The van der Waals surface area contributed by atoms with E-state index in [0.717, 1.165) is 16.8 Å². The maximum absolute atomic E-state index is 11.0. The number of benzene rings is 2. The van der Waals surface area contributed by atoms with Crippen LogP contribution in [0.15, 0.2) is 42.5 Å². The van der Waals surface area contributed by atoms with Gasteiger partial charge in [-0.3, -0.25) is 10.1 Å². The average Bonchev–Trinajstić information content (AvgIpc) is 2.51. The van der Waals surface area contributed by atoms with Crippen molar-refractivity contribution in [3.63, 3.8) is 0 Å². The van der Waals surface area contributed by atoms with Crippen molar-refractivity contribution >= 4 is 23.0 Å². The van der Waals surface area contributed by atoms with Crippen LogP contribution in [0.4, 0.5) is 11.4 Å². The van der Waals surface area contributed by atoms with E-state index in [1.807, 2.05) is 26.0 Å². The number of aliphatic hydroxyl groups excluding tert-OH is 1. The van der Waals surface area contributed by atoms with Crippen molar-refractivity contribution in [3.8, 4) is 0 Å². The number of halogens is 1. The number of nitrogens with zero attached hydrogens (tertiary/aromatic N) is 1. The number of nitrogens with one attached hydrogen (secondary N) is 1. The van der Waals surface area contributed by atoms with Crippen molar-refractivity contribution in [2.45, 2.75) is 26.0 Å². The Balaban J connectivity index is 2.08. The molecule has 1 aliphatic heterocycles. The van der Waals surface area contributed by atoms with Crippen LogP contribution in [-0.2, 0) is 0 Å². The van der Waals surface area contributed by atoms with E-state index in [1.54, 1.807) is 24.3 Å². The predicted octanol–water partition coefficient (Wildman–Crippen LogP) is 4.47. The van der Waals surface area contributed by atoms with Gasteiger partial charge in [-0.2, -0.15) is 0 Å². The van der Waals surface area contributed by atoms with Crippen LogP contribution in [0.2, 0.25) is 5.02 Å². The lowest BCUT2D eigenvalue weighted by molar-refractivity contribution is -0.384. The molecule has 0 bridgehead atoms. The van der Waals surface area contributed by atoms with E-state index in [4.69, 9.17) is 11.6 Å². The molecule has 0 amide bonds. The number of hydrogen-bond acceptors (Lipinski definition) is 4. The van der Waals surface area contributed by atoms with Crippen LogP contribution >= 0.6 is 11.6 Å². The predicted molar refractivity (Wildman–Crippen MR) is 89.7 cm³/mol. The lowest BCUT2D eigenvalue weighted by Crippen LogP contribution is -2.38. The van der Waals surface area contributed by atoms with Gasteiger partial charge in [0.15, 0.2) is 0 Å². The molecular formula is C17H17ClN2O3. The zero-order valence-corrected chi connectivity index (χ0v) is 13.5. The van der Waals surface area contributed by atoms with E-state index in [1.165, 1.54) is 6.07 Å². The van der Waals surface area contributed by atoms with Crippen LogP contribution < -0.4 is 5.32 Å². The highest BCUT2D eigenvalue weighted by Gasteiger charge is 2.43. The van der Waals surface area contributed by atoms with Crippen LogP contribution in [0.1, 0.15) is 37.1 Å². The summed E-state index contributed by atoms with van der Waals surface area (Å²) in [6.45, 7) is 3.86. The van der Waals surface area contributed by atoms with Gasteiger partial charge in [0.1, 0.15) is 0 Å². The molecule has 2 unspecified atom stereocenters. The summed E-state index contributed by atoms with van der Waals surface area (Å²) in [5, 5.41) is 25.8. The molecule has 120 valence electrons. The van der Waals surface area contributed by atoms with Gasteiger partial charge in [-0.05, 0) is 23.8 Å². The van der Waals surface area contributed by atoms with Crippen molar-refractivity contribution in [2.75, 3.05) is 5.32 Å². The molecule has 0 aromatic heterocycles. The van der Waals surface area contributed by atoms with Gasteiger partial charge in [0, 0.05) is 33.8 Å². The highest BCUT2D eigenvalue weighted by Crippen LogP contribution is 2.51. The van der Waals surface area contributed by atoms with Crippen molar-refractivity contribution in [1.82, 2.24) is 0 Å². The molecule has 0 spiro atoms. The Morgan fingerprint density at radius 1 is 1.26 bits per heavy atom. The summed E-state index contributed by atoms with van der Waals surface area (Å²) in [7, 11) is 0. The van der Waals surface area contributed by atoms with Gasteiger partial charge in [-0.25, -0.2) is 0 Å². The molecule has 5 nitrogen and oxygen atoms in total. The first kappa shape index (κ1) is 15.8. The Kier molecular flexibility index (Phi) is 3.78. The normalized spacial score (nSPS) is 22.1. The summed E-state index contributed by atoms with van der Waals surface area (Å²) < 4.78 is 0. The third-order valence-corrected chi connectivity index (χ3v) is 4.71. The van der Waals surface area contributed by atoms with Crippen molar-refractivity contribution < 1.29 is 10.0 Å². The smallest absolute Gasteiger partial charge is 0.269 e. The molecule has 0 saturated carbocycles. The second-order valence-corrected chi connectivity index (χ2v) is 6.82. The summed E-state index contributed by atoms with van der Waals surface area (Å²) in [4.78, 5) is 10.6. The lowest BCUT2D eigenvalue weighted by Gasteiger charge is -2.44. The molecule has 2 atom stereocenters. The topological polar surface area (TPSA) is 75.4 Å². The third-order valence-electron chi connectivity index (χ3n) is 4.47. The average molecular weight is 333 g/mol. The van der Waals surface area contributed by atoms with Crippen molar-refractivity contribution in [1.29, 1.82) is 0 Å². The van der Waals surface area contributed by atoms with Gasteiger partial charge in [0.2, 0.25) is 0 Å².